The van der Waals surface area contributed by atoms with Gasteiger partial charge in [-0.05, 0) is 36.3 Å². The number of hydrogen-bond donors (Lipinski definition) is 2. The molecule has 1 heterocycles. The Labute approximate surface area is 91.6 Å². The molecule has 0 saturated heterocycles. The molecule has 0 radical (unpaired) electrons. The normalized spacial score (nSPS) is 10.5. The highest BCUT2D eigenvalue weighted by molar-refractivity contribution is 7.71. The first-order valence-electron chi connectivity index (χ1n) is 4.71. The number of H-pyrrole nitrogens is 2. The fourth-order valence-electron chi connectivity index (χ4n) is 1.46. The minimum atomic E-state index is -0.242. The van der Waals surface area contributed by atoms with Gasteiger partial charge >= 0.3 is 5.69 Å². The van der Waals surface area contributed by atoms with Gasteiger partial charge in [-0.2, -0.15) is 0 Å². The van der Waals surface area contributed by atoms with Crippen LogP contribution in [0.1, 0.15) is 12.5 Å². The molecule has 0 aliphatic rings. The maximum absolute atomic E-state index is 11.4. The zero-order valence-electron chi connectivity index (χ0n) is 8.28. The van der Waals surface area contributed by atoms with E-state index in [1.54, 1.807) is 0 Å². The molecular weight excluding hydrogens is 210 g/mol. The van der Waals surface area contributed by atoms with E-state index in [1.165, 1.54) is 10.1 Å². The molecule has 0 atom stereocenters. The Morgan fingerprint density at radius 2 is 2.20 bits per heavy atom. The first-order chi connectivity index (χ1) is 7.22. The van der Waals surface area contributed by atoms with Gasteiger partial charge in [0.2, 0.25) is 4.77 Å². The van der Waals surface area contributed by atoms with Gasteiger partial charge in [0.15, 0.2) is 0 Å². The number of hydrogen-bond acceptors (Lipinski definition) is 2. The van der Waals surface area contributed by atoms with E-state index in [4.69, 9.17) is 12.2 Å². The van der Waals surface area contributed by atoms with Crippen LogP contribution in [0.5, 0.6) is 0 Å². The van der Waals surface area contributed by atoms with Gasteiger partial charge < -0.3 is 0 Å². The largest absolute Gasteiger partial charge is 0.347 e. The maximum Gasteiger partial charge on any atom is 0.347 e. The molecule has 0 bridgehead atoms. The summed E-state index contributed by atoms with van der Waals surface area (Å²) in [5.41, 5.74) is 1.73. The van der Waals surface area contributed by atoms with E-state index in [0.717, 1.165) is 12.1 Å². The second kappa shape index (κ2) is 3.86. The van der Waals surface area contributed by atoms with Crippen molar-refractivity contribution in [2.75, 3.05) is 0 Å². The molecule has 1 aromatic carbocycles. The molecule has 2 aromatic rings. The molecule has 0 amide bonds. The van der Waals surface area contributed by atoms with Crippen LogP contribution in [0, 0.1) is 4.77 Å². The SMILES string of the molecule is CCc1cccc(-n2c(=O)[nH][nH]c2=S)c1. The Kier molecular flexibility index (Phi) is 2.55. The van der Waals surface area contributed by atoms with Crippen LogP contribution in [0.2, 0.25) is 0 Å². The van der Waals surface area contributed by atoms with Crippen LogP contribution in [-0.2, 0) is 6.42 Å². The zero-order chi connectivity index (χ0) is 10.8. The van der Waals surface area contributed by atoms with Crippen LogP contribution in [0.25, 0.3) is 5.69 Å². The van der Waals surface area contributed by atoms with Crippen molar-refractivity contribution >= 4 is 12.2 Å². The fraction of sp³-hybridized carbons (Fsp3) is 0.200. The molecule has 15 heavy (non-hydrogen) atoms. The summed E-state index contributed by atoms with van der Waals surface area (Å²) in [6, 6.07) is 7.76. The molecule has 78 valence electrons. The quantitative estimate of drug-likeness (QED) is 0.759. The number of nitrogens with zero attached hydrogens (tertiary/aromatic N) is 1. The van der Waals surface area contributed by atoms with Crippen molar-refractivity contribution in [1.82, 2.24) is 14.8 Å². The van der Waals surface area contributed by atoms with Gasteiger partial charge in [0.05, 0.1) is 5.69 Å². The van der Waals surface area contributed by atoms with Gasteiger partial charge in [-0.1, -0.05) is 19.1 Å². The second-order valence-corrected chi connectivity index (χ2v) is 3.61. The first-order valence-corrected chi connectivity index (χ1v) is 5.12. The predicted octanol–water partition coefficient (Wildman–Crippen LogP) is 1.79. The van der Waals surface area contributed by atoms with E-state index < -0.39 is 0 Å². The van der Waals surface area contributed by atoms with Crippen molar-refractivity contribution in [3.63, 3.8) is 0 Å². The third-order valence-electron chi connectivity index (χ3n) is 2.26. The first kappa shape index (κ1) is 9.92. The maximum atomic E-state index is 11.4. The Hall–Kier alpha value is -1.62. The highest BCUT2D eigenvalue weighted by Crippen LogP contribution is 2.09. The molecule has 0 fully saturated rings. The van der Waals surface area contributed by atoms with Crippen LogP contribution < -0.4 is 5.69 Å². The number of aryl methyl sites for hydroxylation is 1. The van der Waals surface area contributed by atoms with E-state index in [-0.39, 0.29) is 5.69 Å². The van der Waals surface area contributed by atoms with E-state index in [0.29, 0.717) is 4.77 Å². The summed E-state index contributed by atoms with van der Waals surface area (Å²) in [5, 5.41) is 5.06. The molecule has 2 N–H and O–H groups in total. The number of aromatic amines is 2. The minimum absolute atomic E-state index is 0.242. The minimum Gasteiger partial charge on any atom is -0.272 e. The monoisotopic (exact) mass is 221 g/mol. The smallest absolute Gasteiger partial charge is 0.272 e. The Bertz CT molecular complexity index is 551. The molecule has 0 saturated carbocycles. The molecular formula is C10H11N3OS. The highest BCUT2D eigenvalue weighted by atomic mass is 32.1. The average Bonchev–Trinajstić information content (AvgIpc) is 2.59. The number of aromatic nitrogens is 3. The van der Waals surface area contributed by atoms with Crippen molar-refractivity contribution in [3.8, 4) is 5.69 Å². The number of nitrogens with one attached hydrogen (secondary N) is 2. The van der Waals surface area contributed by atoms with Crippen LogP contribution in [0.15, 0.2) is 29.1 Å². The lowest BCUT2D eigenvalue weighted by Crippen LogP contribution is -2.14. The number of benzene rings is 1. The van der Waals surface area contributed by atoms with Crippen LogP contribution in [0.4, 0.5) is 0 Å². The van der Waals surface area contributed by atoms with Gasteiger partial charge in [-0.25, -0.2) is 14.5 Å². The summed E-state index contributed by atoms with van der Waals surface area (Å²) in [4.78, 5) is 11.4. The van der Waals surface area contributed by atoms with E-state index in [2.05, 4.69) is 17.1 Å². The summed E-state index contributed by atoms with van der Waals surface area (Å²) in [7, 11) is 0. The van der Waals surface area contributed by atoms with Crippen molar-refractivity contribution in [3.05, 3.63) is 45.1 Å². The molecule has 1 aromatic heterocycles. The standard InChI is InChI=1S/C10H11N3OS/c1-2-7-4-3-5-8(6-7)13-9(14)11-12-10(13)15/h3-6H,2H2,1H3,(H,11,14)(H,12,15). The summed E-state index contributed by atoms with van der Waals surface area (Å²) in [5.74, 6) is 0. The highest BCUT2D eigenvalue weighted by Gasteiger charge is 2.03. The van der Waals surface area contributed by atoms with Crippen molar-refractivity contribution < 1.29 is 0 Å². The molecule has 0 unspecified atom stereocenters. The lowest BCUT2D eigenvalue weighted by Gasteiger charge is -2.02. The van der Waals surface area contributed by atoms with Gasteiger partial charge in [0.25, 0.3) is 0 Å². The molecule has 4 nitrogen and oxygen atoms in total. The van der Waals surface area contributed by atoms with Crippen molar-refractivity contribution in [2.45, 2.75) is 13.3 Å². The molecule has 0 spiro atoms. The summed E-state index contributed by atoms with van der Waals surface area (Å²) in [6.45, 7) is 2.07. The number of rotatable bonds is 2. The molecule has 5 heteroatoms. The topological polar surface area (TPSA) is 53.6 Å². The molecule has 2 rings (SSSR count). The fourth-order valence-corrected chi connectivity index (χ4v) is 1.70. The van der Waals surface area contributed by atoms with Gasteiger partial charge in [-0.3, -0.25) is 5.10 Å². The van der Waals surface area contributed by atoms with Gasteiger partial charge in [0.1, 0.15) is 0 Å². The summed E-state index contributed by atoms with van der Waals surface area (Å²) in [6.07, 6.45) is 0.934. The lowest BCUT2D eigenvalue weighted by molar-refractivity contribution is 0.968. The third-order valence-corrected chi connectivity index (χ3v) is 2.54. The predicted molar refractivity (Wildman–Crippen MR) is 61.0 cm³/mol. The van der Waals surface area contributed by atoms with Crippen LogP contribution in [-0.4, -0.2) is 14.8 Å². The lowest BCUT2D eigenvalue weighted by atomic mass is 10.1. The third kappa shape index (κ3) is 1.78. The Morgan fingerprint density at radius 1 is 1.40 bits per heavy atom. The van der Waals surface area contributed by atoms with E-state index in [1.807, 2.05) is 24.3 Å². The van der Waals surface area contributed by atoms with E-state index in [9.17, 15) is 4.79 Å². The summed E-state index contributed by atoms with van der Waals surface area (Å²) >= 11 is 5.01. The summed E-state index contributed by atoms with van der Waals surface area (Å²) < 4.78 is 1.82. The Morgan fingerprint density at radius 3 is 2.80 bits per heavy atom. The zero-order valence-corrected chi connectivity index (χ0v) is 9.10. The molecule has 0 aliphatic carbocycles. The van der Waals surface area contributed by atoms with Crippen molar-refractivity contribution in [2.24, 2.45) is 0 Å². The second-order valence-electron chi connectivity index (χ2n) is 3.22. The van der Waals surface area contributed by atoms with E-state index >= 15 is 0 Å². The van der Waals surface area contributed by atoms with Crippen LogP contribution >= 0.6 is 12.2 Å². The van der Waals surface area contributed by atoms with Gasteiger partial charge in [0, 0.05) is 0 Å². The van der Waals surface area contributed by atoms with Crippen molar-refractivity contribution in [1.29, 1.82) is 0 Å². The van der Waals surface area contributed by atoms with Gasteiger partial charge in [-0.15, -0.1) is 0 Å². The Balaban J connectivity index is 2.64. The van der Waals surface area contributed by atoms with Crippen LogP contribution in [0.3, 0.4) is 0 Å². The molecule has 0 aliphatic heterocycles. The average molecular weight is 221 g/mol.